The van der Waals surface area contributed by atoms with Crippen LogP contribution in [0, 0.1) is 5.92 Å². The predicted octanol–water partition coefficient (Wildman–Crippen LogP) is 3.74. The van der Waals surface area contributed by atoms with Crippen molar-refractivity contribution in [2.45, 2.75) is 27.2 Å². The standard InChI is InChI=1S/C17H27NO2/c1-5-11-20-16-9-8-15(12-17(16)19-4)7-6-10-18-13-14(2)3/h6-9,12,14,18H,5,10-11,13H2,1-4H3. The van der Waals surface area contributed by atoms with Crippen LogP contribution in [0.5, 0.6) is 11.5 Å². The van der Waals surface area contributed by atoms with Crippen molar-refractivity contribution in [3.63, 3.8) is 0 Å². The summed E-state index contributed by atoms with van der Waals surface area (Å²) in [6, 6.07) is 6.02. The van der Waals surface area contributed by atoms with Crippen LogP contribution < -0.4 is 14.8 Å². The first-order valence-corrected chi connectivity index (χ1v) is 7.35. The van der Waals surface area contributed by atoms with E-state index in [2.05, 4.69) is 38.2 Å². The van der Waals surface area contributed by atoms with E-state index in [1.54, 1.807) is 7.11 Å². The molecule has 0 saturated heterocycles. The third-order valence-electron chi connectivity index (χ3n) is 2.77. The minimum atomic E-state index is 0.679. The van der Waals surface area contributed by atoms with E-state index in [-0.39, 0.29) is 0 Å². The maximum atomic E-state index is 5.64. The Bertz CT molecular complexity index is 413. The van der Waals surface area contributed by atoms with E-state index < -0.39 is 0 Å². The highest BCUT2D eigenvalue weighted by Gasteiger charge is 2.03. The second-order valence-corrected chi connectivity index (χ2v) is 5.21. The lowest BCUT2D eigenvalue weighted by Crippen LogP contribution is -2.19. The molecule has 0 aliphatic heterocycles. The van der Waals surface area contributed by atoms with Crippen LogP contribution in [-0.4, -0.2) is 26.8 Å². The number of nitrogens with one attached hydrogen (secondary N) is 1. The van der Waals surface area contributed by atoms with Crippen LogP contribution in [-0.2, 0) is 0 Å². The van der Waals surface area contributed by atoms with E-state index >= 15 is 0 Å². The van der Waals surface area contributed by atoms with Gasteiger partial charge in [0.2, 0.25) is 0 Å². The Morgan fingerprint density at radius 1 is 1.25 bits per heavy atom. The van der Waals surface area contributed by atoms with E-state index in [9.17, 15) is 0 Å². The number of hydrogen-bond donors (Lipinski definition) is 1. The second-order valence-electron chi connectivity index (χ2n) is 5.21. The Hall–Kier alpha value is -1.48. The van der Waals surface area contributed by atoms with Crippen LogP contribution in [0.3, 0.4) is 0 Å². The first-order chi connectivity index (χ1) is 9.67. The van der Waals surface area contributed by atoms with Crippen molar-refractivity contribution in [3.05, 3.63) is 29.8 Å². The fourth-order valence-electron chi connectivity index (χ4n) is 1.77. The molecule has 3 nitrogen and oxygen atoms in total. The van der Waals surface area contributed by atoms with Gasteiger partial charge in [-0.2, -0.15) is 0 Å². The predicted molar refractivity (Wildman–Crippen MR) is 85.5 cm³/mol. The summed E-state index contributed by atoms with van der Waals surface area (Å²) in [4.78, 5) is 0. The largest absolute Gasteiger partial charge is 0.493 e. The quantitative estimate of drug-likeness (QED) is 0.697. The molecule has 0 bridgehead atoms. The molecule has 0 atom stereocenters. The molecular weight excluding hydrogens is 250 g/mol. The van der Waals surface area contributed by atoms with Gasteiger partial charge in [0.1, 0.15) is 0 Å². The van der Waals surface area contributed by atoms with E-state index in [4.69, 9.17) is 9.47 Å². The molecule has 1 N–H and O–H groups in total. The van der Waals surface area contributed by atoms with Crippen LogP contribution in [0.15, 0.2) is 24.3 Å². The smallest absolute Gasteiger partial charge is 0.161 e. The molecular formula is C17H27NO2. The van der Waals surface area contributed by atoms with Crippen molar-refractivity contribution in [1.29, 1.82) is 0 Å². The summed E-state index contributed by atoms with van der Waals surface area (Å²) < 4.78 is 11.0. The topological polar surface area (TPSA) is 30.5 Å². The molecule has 112 valence electrons. The van der Waals surface area contributed by atoms with Gasteiger partial charge in [0.25, 0.3) is 0 Å². The van der Waals surface area contributed by atoms with Crippen LogP contribution in [0.1, 0.15) is 32.8 Å². The van der Waals surface area contributed by atoms with E-state index in [0.29, 0.717) is 12.5 Å². The summed E-state index contributed by atoms with van der Waals surface area (Å²) in [7, 11) is 1.67. The van der Waals surface area contributed by atoms with Gasteiger partial charge in [-0.1, -0.05) is 39.0 Å². The zero-order valence-corrected chi connectivity index (χ0v) is 13.1. The van der Waals surface area contributed by atoms with Gasteiger partial charge in [0.05, 0.1) is 13.7 Å². The first-order valence-electron chi connectivity index (χ1n) is 7.35. The Balaban J connectivity index is 2.56. The van der Waals surface area contributed by atoms with E-state index in [1.807, 2.05) is 18.2 Å². The van der Waals surface area contributed by atoms with Crippen LogP contribution in [0.4, 0.5) is 0 Å². The molecule has 0 saturated carbocycles. The Kier molecular flexibility index (Phi) is 7.81. The molecule has 0 amide bonds. The van der Waals surface area contributed by atoms with Crippen molar-refractivity contribution in [2.75, 3.05) is 26.8 Å². The van der Waals surface area contributed by atoms with Gasteiger partial charge in [-0.3, -0.25) is 0 Å². The maximum Gasteiger partial charge on any atom is 0.161 e. The monoisotopic (exact) mass is 277 g/mol. The molecule has 0 spiro atoms. The zero-order valence-electron chi connectivity index (χ0n) is 13.1. The normalized spacial score (nSPS) is 11.2. The summed E-state index contributed by atoms with van der Waals surface area (Å²) in [5, 5.41) is 3.38. The van der Waals surface area contributed by atoms with Crippen molar-refractivity contribution in [1.82, 2.24) is 5.32 Å². The molecule has 0 aliphatic carbocycles. The lowest BCUT2D eigenvalue weighted by atomic mass is 10.2. The zero-order chi connectivity index (χ0) is 14.8. The molecule has 0 aromatic heterocycles. The average molecular weight is 277 g/mol. The van der Waals surface area contributed by atoms with Gasteiger partial charge in [0.15, 0.2) is 11.5 Å². The van der Waals surface area contributed by atoms with E-state index in [1.165, 1.54) is 0 Å². The Morgan fingerprint density at radius 3 is 2.70 bits per heavy atom. The number of rotatable bonds is 9. The molecule has 0 heterocycles. The highest BCUT2D eigenvalue weighted by Crippen LogP contribution is 2.28. The molecule has 0 unspecified atom stereocenters. The third-order valence-corrected chi connectivity index (χ3v) is 2.77. The second kappa shape index (κ2) is 9.43. The highest BCUT2D eigenvalue weighted by atomic mass is 16.5. The molecule has 0 radical (unpaired) electrons. The summed E-state index contributed by atoms with van der Waals surface area (Å²) >= 11 is 0. The lowest BCUT2D eigenvalue weighted by molar-refractivity contribution is 0.294. The van der Waals surface area contributed by atoms with Crippen LogP contribution in [0.25, 0.3) is 6.08 Å². The fraction of sp³-hybridized carbons (Fsp3) is 0.529. The van der Waals surface area contributed by atoms with Gasteiger partial charge >= 0.3 is 0 Å². The van der Waals surface area contributed by atoms with Gasteiger partial charge in [0, 0.05) is 6.54 Å². The van der Waals surface area contributed by atoms with Crippen LogP contribution in [0.2, 0.25) is 0 Å². The number of methoxy groups -OCH3 is 1. The SMILES string of the molecule is CCCOc1ccc(C=CCNCC(C)C)cc1OC. The molecule has 1 aromatic carbocycles. The lowest BCUT2D eigenvalue weighted by Gasteiger charge is -2.10. The summed E-state index contributed by atoms with van der Waals surface area (Å²) in [5.74, 6) is 2.28. The highest BCUT2D eigenvalue weighted by molar-refractivity contribution is 5.56. The first kappa shape index (κ1) is 16.6. The van der Waals surface area contributed by atoms with Crippen molar-refractivity contribution in [3.8, 4) is 11.5 Å². The summed E-state index contributed by atoms with van der Waals surface area (Å²) in [6.45, 7) is 9.14. The molecule has 1 aromatic rings. The number of benzene rings is 1. The fourth-order valence-corrected chi connectivity index (χ4v) is 1.77. The molecule has 0 fully saturated rings. The number of hydrogen-bond acceptors (Lipinski definition) is 3. The summed E-state index contributed by atoms with van der Waals surface area (Å²) in [5.41, 5.74) is 1.12. The Labute approximate surface area is 123 Å². The van der Waals surface area contributed by atoms with Crippen molar-refractivity contribution >= 4 is 6.08 Å². The molecule has 20 heavy (non-hydrogen) atoms. The molecule has 0 aliphatic rings. The summed E-state index contributed by atoms with van der Waals surface area (Å²) in [6.07, 6.45) is 5.22. The van der Waals surface area contributed by atoms with Crippen LogP contribution >= 0.6 is 0 Å². The van der Waals surface area contributed by atoms with Gasteiger partial charge in [-0.15, -0.1) is 0 Å². The van der Waals surface area contributed by atoms with Gasteiger partial charge in [-0.25, -0.2) is 0 Å². The number of ether oxygens (including phenoxy) is 2. The third kappa shape index (κ3) is 6.11. The van der Waals surface area contributed by atoms with Gasteiger partial charge in [-0.05, 0) is 36.6 Å². The minimum Gasteiger partial charge on any atom is -0.493 e. The average Bonchev–Trinajstić information content (AvgIpc) is 2.44. The van der Waals surface area contributed by atoms with Crippen molar-refractivity contribution < 1.29 is 9.47 Å². The molecule has 1 rings (SSSR count). The Morgan fingerprint density at radius 2 is 2.05 bits per heavy atom. The van der Waals surface area contributed by atoms with Crippen molar-refractivity contribution in [2.24, 2.45) is 5.92 Å². The van der Waals surface area contributed by atoms with E-state index in [0.717, 1.165) is 36.6 Å². The minimum absolute atomic E-state index is 0.679. The molecule has 3 heteroatoms. The maximum absolute atomic E-state index is 5.64. The van der Waals surface area contributed by atoms with Gasteiger partial charge < -0.3 is 14.8 Å².